The first-order chi connectivity index (χ1) is 12.9. The molecule has 2 atom stereocenters. The molecule has 7 nitrogen and oxygen atoms in total. The number of primary amides is 1. The van der Waals surface area contributed by atoms with Gasteiger partial charge >= 0.3 is 5.97 Å². The molecule has 0 radical (unpaired) electrons. The summed E-state index contributed by atoms with van der Waals surface area (Å²) in [6.07, 6.45) is 0.364. The van der Waals surface area contributed by atoms with Gasteiger partial charge in [0.1, 0.15) is 0 Å². The molecule has 3 rings (SSSR count). The van der Waals surface area contributed by atoms with Gasteiger partial charge in [0.25, 0.3) is 0 Å². The van der Waals surface area contributed by atoms with Crippen molar-refractivity contribution in [3.63, 3.8) is 0 Å². The van der Waals surface area contributed by atoms with Crippen LogP contribution in [0.2, 0.25) is 0 Å². The van der Waals surface area contributed by atoms with Gasteiger partial charge in [0.15, 0.2) is 0 Å². The molecular formula is C20H21N3O4. The minimum Gasteiger partial charge on any atom is -0.481 e. The van der Waals surface area contributed by atoms with Gasteiger partial charge in [-0.05, 0) is 30.2 Å². The van der Waals surface area contributed by atoms with E-state index >= 15 is 0 Å². The number of rotatable bonds is 8. The third kappa shape index (κ3) is 4.84. The Hall–Kier alpha value is -3.35. The SMILES string of the molecule is NC(=O)CN(Cc1ccccc1)c1cccc(NC(=O)C2CC2C(=O)O)c1. The Labute approximate surface area is 156 Å². The van der Waals surface area contributed by atoms with Crippen molar-refractivity contribution in [3.05, 3.63) is 60.2 Å². The third-order valence-electron chi connectivity index (χ3n) is 4.49. The molecule has 2 aromatic carbocycles. The second-order valence-corrected chi connectivity index (χ2v) is 6.63. The summed E-state index contributed by atoms with van der Waals surface area (Å²) in [5.74, 6) is -2.79. The number of carbonyl (C=O) groups excluding carboxylic acids is 2. The number of nitrogens with two attached hydrogens (primary N) is 1. The molecule has 1 aliphatic carbocycles. The second kappa shape index (κ2) is 7.90. The molecule has 1 saturated carbocycles. The predicted octanol–water partition coefficient (Wildman–Crippen LogP) is 1.84. The molecule has 27 heavy (non-hydrogen) atoms. The smallest absolute Gasteiger partial charge is 0.307 e. The third-order valence-corrected chi connectivity index (χ3v) is 4.49. The maximum atomic E-state index is 12.2. The lowest BCUT2D eigenvalue weighted by Gasteiger charge is -2.24. The number of aliphatic carboxylic acids is 1. The minimum atomic E-state index is -0.945. The van der Waals surface area contributed by atoms with Crippen molar-refractivity contribution in [1.82, 2.24) is 0 Å². The summed E-state index contributed by atoms with van der Waals surface area (Å²) in [4.78, 5) is 36.4. The van der Waals surface area contributed by atoms with Crippen LogP contribution >= 0.6 is 0 Å². The Morgan fingerprint density at radius 1 is 1.07 bits per heavy atom. The number of carboxylic acids is 1. The molecule has 7 heteroatoms. The molecule has 0 heterocycles. The van der Waals surface area contributed by atoms with Gasteiger partial charge in [-0.1, -0.05) is 36.4 Å². The minimum absolute atomic E-state index is 0.0377. The highest BCUT2D eigenvalue weighted by Crippen LogP contribution is 2.39. The molecule has 2 unspecified atom stereocenters. The summed E-state index contributed by atoms with van der Waals surface area (Å²) in [5.41, 5.74) is 7.70. The van der Waals surface area contributed by atoms with Gasteiger partial charge in [0, 0.05) is 17.9 Å². The van der Waals surface area contributed by atoms with Crippen LogP contribution in [0.15, 0.2) is 54.6 Å². The summed E-state index contributed by atoms with van der Waals surface area (Å²) < 4.78 is 0. The molecule has 1 aliphatic rings. The van der Waals surface area contributed by atoms with Crippen LogP contribution in [0.3, 0.4) is 0 Å². The highest BCUT2D eigenvalue weighted by molar-refractivity contribution is 5.98. The lowest BCUT2D eigenvalue weighted by Crippen LogP contribution is -2.33. The van der Waals surface area contributed by atoms with Gasteiger partial charge in [0.2, 0.25) is 11.8 Å². The fourth-order valence-electron chi connectivity index (χ4n) is 3.00. The normalized spacial score (nSPS) is 17.8. The number of nitrogens with one attached hydrogen (secondary N) is 1. The molecule has 4 N–H and O–H groups in total. The van der Waals surface area contributed by atoms with Gasteiger partial charge in [-0.2, -0.15) is 0 Å². The average Bonchev–Trinajstić information content (AvgIpc) is 3.43. The number of carboxylic acid groups (broad SMARTS) is 1. The van der Waals surface area contributed by atoms with Gasteiger partial charge < -0.3 is 21.1 Å². The Morgan fingerprint density at radius 2 is 1.81 bits per heavy atom. The molecule has 140 valence electrons. The van der Waals surface area contributed by atoms with Crippen molar-refractivity contribution in [1.29, 1.82) is 0 Å². The number of hydrogen-bond donors (Lipinski definition) is 3. The standard InChI is InChI=1S/C20H21N3O4/c21-18(24)12-23(11-13-5-2-1-3-6-13)15-8-4-7-14(9-15)22-19(25)16-10-17(16)20(26)27/h1-9,16-17H,10-12H2,(H2,21,24)(H,22,25)(H,26,27). The molecule has 1 fully saturated rings. The molecule has 0 aromatic heterocycles. The Kier molecular flexibility index (Phi) is 5.40. The van der Waals surface area contributed by atoms with E-state index < -0.39 is 23.7 Å². The fraction of sp³-hybridized carbons (Fsp3) is 0.250. The van der Waals surface area contributed by atoms with E-state index in [0.29, 0.717) is 18.7 Å². The first kappa shape index (κ1) is 18.4. The van der Waals surface area contributed by atoms with Gasteiger partial charge in [-0.15, -0.1) is 0 Å². The zero-order valence-electron chi connectivity index (χ0n) is 14.7. The number of nitrogens with zero attached hydrogens (tertiary/aromatic N) is 1. The van der Waals surface area contributed by atoms with Crippen LogP contribution in [-0.4, -0.2) is 29.4 Å². The van der Waals surface area contributed by atoms with Crippen molar-refractivity contribution in [2.24, 2.45) is 17.6 Å². The fourth-order valence-corrected chi connectivity index (χ4v) is 3.00. The monoisotopic (exact) mass is 367 g/mol. The number of anilines is 2. The lowest BCUT2D eigenvalue weighted by atomic mass is 10.2. The predicted molar refractivity (Wildman–Crippen MR) is 101 cm³/mol. The molecule has 2 aromatic rings. The Balaban J connectivity index is 1.73. The zero-order chi connectivity index (χ0) is 19.4. The Morgan fingerprint density at radius 3 is 2.44 bits per heavy atom. The van der Waals surface area contributed by atoms with Crippen LogP contribution in [0.25, 0.3) is 0 Å². The van der Waals surface area contributed by atoms with Crippen molar-refractivity contribution in [3.8, 4) is 0 Å². The van der Waals surface area contributed by atoms with Crippen LogP contribution in [-0.2, 0) is 20.9 Å². The number of hydrogen-bond acceptors (Lipinski definition) is 4. The van der Waals surface area contributed by atoms with Crippen LogP contribution in [0.5, 0.6) is 0 Å². The van der Waals surface area contributed by atoms with Crippen molar-refractivity contribution in [2.45, 2.75) is 13.0 Å². The highest BCUT2D eigenvalue weighted by atomic mass is 16.4. The van der Waals surface area contributed by atoms with E-state index in [-0.39, 0.29) is 12.5 Å². The molecule has 2 amide bonds. The van der Waals surface area contributed by atoms with E-state index in [1.165, 1.54) is 0 Å². The Bertz CT molecular complexity index is 853. The summed E-state index contributed by atoms with van der Waals surface area (Å²) in [6.45, 7) is 0.529. The molecule has 0 aliphatic heterocycles. The number of carbonyl (C=O) groups is 3. The van der Waals surface area contributed by atoms with Crippen molar-refractivity contribution in [2.75, 3.05) is 16.8 Å². The van der Waals surface area contributed by atoms with E-state index in [1.54, 1.807) is 18.2 Å². The second-order valence-electron chi connectivity index (χ2n) is 6.63. The molecule has 0 saturated heterocycles. The van der Waals surface area contributed by atoms with Gasteiger partial charge in [-0.3, -0.25) is 14.4 Å². The largest absolute Gasteiger partial charge is 0.481 e. The van der Waals surface area contributed by atoms with Gasteiger partial charge in [-0.25, -0.2) is 0 Å². The quantitative estimate of drug-likeness (QED) is 0.659. The molecule has 0 spiro atoms. The van der Waals surface area contributed by atoms with E-state index in [0.717, 1.165) is 11.3 Å². The van der Waals surface area contributed by atoms with Gasteiger partial charge in [0.05, 0.1) is 18.4 Å². The molecular weight excluding hydrogens is 346 g/mol. The first-order valence-corrected chi connectivity index (χ1v) is 8.65. The zero-order valence-corrected chi connectivity index (χ0v) is 14.7. The topological polar surface area (TPSA) is 113 Å². The van der Waals surface area contributed by atoms with E-state index in [2.05, 4.69) is 5.32 Å². The maximum Gasteiger partial charge on any atom is 0.307 e. The summed E-state index contributed by atoms with van der Waals surface area (Å²) in [7, 11) is 0. The van der Waals surface area contributed by atoms with Crippen LogP contribution in [0.4, 0.5) is 11.4 Å². The molecule has 0 bridgehead atoms. The number of benzene rings is 2. The summed E-state index contributed by atoms with van der Waals surface area (Å²) in [5, 5.41) is 11.7. The van der Waals surface area contributed by atoms with Crippen LogP contribution < -0.4 is 16.0 Å². The van der Waals surface area contributed by atoms with Crippen molar-refractivity contribution < 1.29 is 19.5 Å². The average molecular weight is 367 g/mol. The van der Waals surface area contributed by atoms with E-state index in [1.807, 2.05) is 41.3 Å². The van der Waals surface area contributed by atoms with Crippen LogP contribution in [0, 0.1) is 11.8 Å². The van der Waals surface area contributed by atoms with E-state index in [9.17, 15) is 14.4 Å². The maximum absolute atomic E-state index is 12.2. The lowest BCUT2D eigenvalue weighted by molar-refractivity contribution is -0.139. The first-order valence-electron chi connectivity index (χ1n) is 8.65. The summed E-state index contributed by atoms with van der Waals surface area (Å²) in [6, 6.07) is 16.8. The number of amides is 2. The highest BCUT2D eigenvalue weighted by Gasteiger charge is 2.48. The van der Waals surface area contributed by atoms with E-state index in [4.69, 9.17) is 10.8 Å². The summed E-state index contributed by atoms with van der Waals surface area (Å²) >= 11 is 0. The van der Waals surface area contributed by atoms with Crippen LogP contribution in [0.1, 0.15) is 12.0 Å². The van der Waals surface area contributed by atoms with Crippen molar-refractivity contribution >= 4 is 29.2 Å².